The van der Waals surface area contributed by atoms with Crippen LogP contribution in [-0.4, -0.2) is 57.6 Å². The van der Waals surface area contributed by atoms with Crippen LogP contribution < -0.4 is 10.6 Å². The van der Waals surface area contributed by atoms with Crippen molar-refractivity contribution in [2.24, 2.45) is 4.99 Å². The highest BCUT2D eigenvalue weighted by Gasteiger charge is 2.17. The van der Waals surface area contributed by atoms with Crippen LogP contribution in [0.5, 0.6) is 0 Å². The first-order chi connectivity index (χ1) is 13.3. The number of rotatable bonds is 8. The number of sulfone groups is 1. The molecule has 1 fully saturated rings. The molecule has 1 amide bonds. The summed E-state index contributed by atoms with van der Waals surface area (Å²) in [5.41, 5.74) is 1.06. The third-order valence-corrected chi connectivity index (χ3v) is 5.26. The van der Waals surface area contributed by atoms with E-state index in [4.69, 9.17) is 0 Å². The standard InChI is InChI=1S/C19H29FN4O3S/c1-3-21-19(22-9-8-18(25)24-10-4-5-11-24)23-13-16-12-17(20)7-6-15(16)14-28(2,26)27/h6-7,12H,3-5,8-11,13-14H2,1-2H3,(H2,21,22,23). The van der Waals surface area contributed by atoms with Crippen LogP contribution in [0.4, 0.5) is 4.39 Å². The SMILES string of the molecule is CCNC(=NCc1cc(F)ccc1CS(C)(=O)=O)NCCC(=O)N1CCCC1. The summed E-state index contributed by atoms with van der Waals surface area (Å²) < 4.78 is 36.8. The molecule has 0 unspecified atom stereocenters. The molecular weight excluding hydrogens is 383 g/mol. The lowest BCUT2D eigenvalue weighted by Crippen LogP contribution is -2.39. The van der Waals surface area contributed by atoms with Gasteiger partial charge in [0.1, 0.15) is 5.82 Å². The molecule has 0 atom stereocenters. The van der Waals surface area contributed by atoms with Crippen LogP contribution in [0.25, 0.3) is 0 Å². The van der Waals surface area contributed by atoms with Gasteiger partial charge in [-0.25, -0.2) is 17.8 Å². The van der Waals surface area contributed by atoms with Crippen molar-refractivity contribution in [2.45, 2.75) is 38.5 Å². The first kappa shape index (κ1) is 22.1. The van der Waals surface area contributed by atoms with Gasteiger partial charge in [-0.1, -0.05) is 6.07 Å². The lowest BCUT2D eigenvalue weighted by atomic mass is 10.1. The van der Waals surface area contributed by atoms with Gasteiger partial charge in [0, 0.05) is 38.9 Å². The summed E-state index contributed by atoms with van der Waals surface area (Å²) in [6, 6.07) is 4.04. The molecule has 28 heavy (non-hydrogen) atoms. The van der Waals surface area contributed by atoms with E-state index in [1.807, 2.05) is 11.8 Å². The van der Waals surface area contributed by atoms with Crippen LogP contribution in [0.15, 0.2) is 23.2 Å². The molecule has 0 spiro atoms. The van der Waals surface area contributed by atoms with Gasteiger partial charge in [0.25, 0.3) is 0 Å². The highest BCUT2D eigenvalue weighted by molar-refractivity contribution is 7.89. The summed E-state index contributed by atoms with van der Waals surface area (Å²) in [7, 11) is -3.24. The van der Waals surface area contributed by atoms with Crippen molar-refractivity contribution in [3.05, 3.63) is 35.1 Å². The van der Waals surface area contributed by atoms with Gasteiger partial charge in [-0.2, -0.15) is 0 Å². The summed E-state index contributed by atoms with van der Waals surface area (Å²) in [5.74, 6) is 0.0382. The Morgan fingerprint density at radius 3 is 2.57 bits per heavy atom. The van der Waals surface area contributed by atoms with Crippen LogP contribution in [0.1, 0.15) is 37.3 Å². The maximum atomic E-state index is 13.6. The van der Waals surface area contributed by atoms with Gasteiger partial charge < -0.3 is 15.5 Å². The number of hydrogen-bond acceptors (Lipinski definition) is 4. The molecule has 0 radical (unpaired) electrons. The fourth-order valence-corrected chi connectivity index (χ4v) is 3.93. The van der Waals surface area contributed by atoms with Crippen molar-refractivity contribution in [3.63, 3.8) is 0 Å². The highest BCUT2D eigenvalue weighted by atomic mass is 32.2. The molecule has 0 aromatic heterocycles. The van der Waals surface area contributed by atoms with Crippen molar-refractivity contribution in [3.8, 4) is 0 Å². The second-order valence-electron chi connectivity index (χ2n) is 6.94. The predicted octanol–water partition coefficient (Wildman–Crippen LogP) is 1.44. The van der Waals surface area contributed by atoms with E-state index >= 15 is 0 Å². The summed E-state index contributed by atoms with van der Waals surface area (Å²) in [6.07, 6.45) is 3.65. The average molecular weight is 413 g/mol. The Labute approximate surface area is 166 Å². The molecule has 156 valence electrons. The second kappa shape index (κ2) is 10.4. The smallest absolute Gasteiger partial charge is 0.224 e. The van der Waals surface area contributed by atoms with Gasteiger partial charge in [0.15, 0.2) is 15.8 Å². The second-order valence-corrected chi connectivity index (χ2v) is 9.08. The zero-order valence-electron chi connectivity index (χ0n) is 16.5. The number of likely N-dealkylation sites (tertiary alicyclic amines) is 1. The van der Waals surface area contributed by atoms with Gasteiger partial charge in [-0.05, 0) is 43.0 Å². The number of aliphatic imine (C=N–C) groups is 1. The molecule has 1 aliphatic heterocycles. The summed E-state index contributed by atoms with van der Waals surface area (Å²) in [5, 5.41) is 6.19. The van der Waals surface area contributed by atoms with E-state index < -0.39 is 15.7 Å². The first-order valence-electron chi connectivity index (χ1n) is 9.53. The molecule has 1 aromatic carbocycles. The van der Waals surface area contributed by atoms with E-state index in [-0.39, 0.29) is 18.2 Å². The minimum absolute atomic E-state index is 0.126. The van der Waals surface area contributed by atoms with Gasteiger partial charge in [-0.3, -0.25) is 4.79 Å². The molecule has 9 heteroatoms. The van der Waals surface area contributed by atoms with Crippen LogP contribution in [0.2, 0.25) is 0 Å². The van der Waals surface area contributed by atoms with Crippen LogP contribution in [0.3, 0.4) is 0 Å². The highest BCUT2D eigenvalue weighted by Crippen LogP contribution is 2.15. The number of halogens is 1. The molecular formula is C19H29FN4O3S. The fourth-order valence-electron chi connectivity index (χ4n) is 3.08. The van der Waals surface area contributed by atoms with Crippen molar-refractivity contribution < 1.29 is 17.6 Å². The maximum absolute atomic E-state index is 13.6. The average Bonchev–Trinajstić information content (AvgIpc) is 3.15. The van der Waals surface area contributed by atoms with Gasteiger partial charge in [-0.15, -0.1) is 0 Å². The molecule has 0 saturated carbocycles. The van der Waals surface area contributed by atoms with Gasteiger partial charge in [0.2, 0.25) is 5.91 Å². The van der Waals surface area contributed by atoms with Gasteiger partial charge in [0.05, 0.1) is 12.3 Å². The van der Waals surface area contributed by atoms with Crippen molar-refractivity contribution >= 4 is 21.7 Å². The molecule has 7 nitrogen and oxygen atoms in total. The number of nitrogens with one attached hydrogen (secondary N) is 2. The van der Waals surface area contributed by atoms with Crippen molar-refractivity contribution in [1.82, 2.24) is 15.5 Å². The maximum Gasteiger partial charge on any atom is 0.224 e. The number of amides is 1. The molecule has 1 heterocycles. The van der Waals surface area contributed by atoms with E-state index in [9.17, 15) is 17.6 Å². The van der Waals surface area contributed by atoms with Crippen LogP contribution in [0, 0.1) is 5.82 Å². The molecule has 2 rings (SSSR count). The molecule has 1 aliphatic rings. The Balaban J connectivity index is 1.99. The van der Waals surface area contributed by atoms with E-state index in [0.717, 1.165) is 32.2 Å². The Morgan fingerprint density at radius 2 is 1.93 bits per heavy atom. The summed E-state index contributed by atoms with van der Waals surface area (Å²) in [4.78, 5) is 18.4. The van der Waals surface area contributed by atoms with E-state index in [1.54, 1.807) is 0 Å². The number of hydrogen-bond donors (Lipinski definition) is 2. The van der Waals surface area contributed by atoms with E-state index in [2.05, 4.69) is 15.6 Å². The lowest BCUT2D eigenvalue weighted by Gasteiger charge is -2.16. The molecule has 0 aliphatic carbocycles. The number of carbonyl (C=O) groups excluding carboxylic acids is 1. The number of carbonyl (C=O) groups is 1. The van der Waals surface area contributed by atoms with Gasteiger partial charge >= 0.3 is 0 Å². The summed E-state index contributed by atoms with van der Waals surface area (Å²) in [6.45, 7) is 4.79. The molecule has 2 N–H and O–H groups in total. The number of nitrogens with zero attached hydrogens (tertiary/aromatic N) is 2. The van der Waals surface area contributed by atoms with Crippen molar-refractivity contribution in [2.75, 3.05) is 32.4 Å². The van der Waals surface area contributed by atoms with E-state index in [1.165, 1.54) is 18.2 Å². The van der Waals surface area contributed by atoms with Crippen LogP contribution >= 0.6 is 0 Å². The molecule has 1 saturated heterocycles. The molecule has 0 bridgehead atoms. The minimum Gasteiger partial charge on any atom is -0.357 e. The van der Waals surface area contributed by atoms with Crippen molar-refractivity contribution in [1.29, 1.82) is 0 Å². The Bertz CT molecular complexity index is 805. The summed E-state index contributed by atoms with van der Waals surface area (Å²) >= 11 is 0. The number of guanidine groups is 1. The monoisotopic (exact) mass is 412 g/mol. The molecule has 1 aromatic rings. The van der Waals surface area contributed by atoms with E-state index in [0.29, 0.717) is 36.6 Å². The third kappa shape index (κ3) is 7.46. The topological polar surface area (TPSA) is 90.9 Å². The Morgan fingerprint density at radius 1 is 1.21 bits per heavy atom. The Hall–Kier alpha value is -2.16. The minimum atomic E-state index is -3.24. The fraction of sp³-hybridized carbons (Fsp3) is 0.579. The Kier molecular flexibility index (Phi) is 8.22. The zero-order valence-corrected chi connectivity index (χ0v) is 17.3. The lowest BCUT2D eigenvalue weighted by molar-refractivity contribution is -0.129. The number of benzene rings is 1. The quantitative estimate of drug-likeness (QED) is 0.498. The largest absolute Gasteiger partial charge is 0.357 e. The zero-order chi connectivity index (χ0) is 20.6. The third-order valence-electron chi connectivity index (χ3n) is 4.43. The first-order valence-corrected chi connectivity index (χ1v) is 11.6. The van der Waals surface area contributed by atoms with Crippen LogP contribution in [-0.2, 0) is 26.9 Å². The normalized spacial score (nSPS) is 15.0. The predicted molar refractivity (Wildman–Crippen MR) is 108 cm³/mol.